The van der Waals surface area contributed by atoms with Crippen LogP contribution in [-0.2, 0) is 6.42 Å². The molecular weight excluding hydrogens is 399 g/mol. The maximum Gasteiger partial charge on any atom is 0.228 e. The molecule has 4 nitrogen and oxygen atoms in total. The van der Waals surface area contributed by atoms with Gasteiger partial charge in [0.05, 0.1) is 6.04 Å². The molecule has 3 aromatic rings. The van der Waals surface area contributed by atoms with E-state index >= 15 is 0 Å². The van der Waals surface area contributed by atoms with Gasteiger partial charge in [0.25, 0.3) is 0 Å². The molecule has 1 aliphatic rings. The molecule has 1 aliphatic heterocycles. The lowest BCUT2D eigenvalue weighted by Gasteiger charge is -2.37. The molecule has 0 aliphatic carbocycles. The zero-order valence-corrected chi connectivity index (χ0v) is 18.7. The minimum atomic E-state index is -0.234. The molecule has 1 atom stereocenters. The number of nitrogens with zero attached hydrogens (tertiary/aromatic N) is 3. The zero-order chi connectivity index (χ0) is 20.5. The second kappa shape index (κ2) is 9.00. The molecule has 0 fully saturated rings. The number of hydrogen-bond acceptors (Lipinski definition) is 4. The van der Waals surface area contributed by atoms with Gasteiger partial charge in [-0.15, -0.1) is 12.4 Å². The third kappa shape index (κ3) is 4.12. The highest BCUT2D eigenvalue weighted by Crippen LogP contribution is 2.35. The Hall–Kier alpha value is -2.66. The normalized spacial score (nSPS) is 15.4. The number of nitrogens with one attached hydrogen (secondary N) is 1. The standard InChI is InChI=1S/C24H27FN4.ClH/c1-5-22-20-9-7-6-8-18(20)12-13-29(22)24-26-17(4)16(3)23(28-24)27-21-11-10-19(25)14-15(21)2;/h6-11,14,22H,5,12-13H2,1-4H3,(H,26,27,28);1H. The monoisotopic (exact) mass is 426 g/mol. The average molecular weight is 427 g/mol. The van der Waals surface area contributed by atoms with E-state index in [9.17, 15) is 4.39 Å². The van der Waals surface area contributed by atoms with Gasteiger partial charge in [-0.1, -0.05) is 31.2 Å². The van der Waals surface area contributed by atoms with Crippen LogP contribution in [0.5, 0.6) is 0 Å². The molecule has 1 unspecified atom stereocenters. The maximum absolute atomic E-state index is 13.5. The summed E-state index contributed by atoms with van der Waals surface area (Å²) in [5.74, 6) is 1.29. The summed E-state index contributed by atoms with van der Waals surface area (Å²) in [6.07, 6.45) is 1.98. The lowest BCUT2D eigenvalue weighted by atomic mass is 9.91. The van der Waals surface area contributed by atoms with E-state index < -0.39 is 0 Å². The van der Waals surface area contributed by atoms with Crippen molar-refractivity contribution >= 4 is 29.9 Å². The van der Waals surface area contributed by atoms with Crippen molar-refractivity contribution in [3.05, 3.63) is 76.2 Å². The number of aryl methyl sites for hydroxylation is 2. The van der Waals surface area contributed by atoms with E-state index in [2.05, 4.69) is 41.4 Å². The van der Waals surface area contributed by atoms with Crippen LogP contribution in [0.4, 0.5) is 21.8 Å². The van der Waals surface area contributed by atoms with Crippen molar-refractivity contribution < 1.29 is 4.39 Å². The van der Waals surface area contributed by atoms with Crippen molar-refractivity contribution in [3.63, 3.8) is 0 Å². The summed E-state index contributed by atoms with van der Waals surface area (Å²) < 4.78 is 13.5. The van der Waals surface area contributed by atoms with Gasteiger partial charge in [-0.2, -0.15) is 4.98 Å². The Morgan fingerprint density at radius 1 is 1.10 bits per heavy atom. The highest BCUT2D eigenvalue weighted by molar-refractivity contribution is 5.85. The molecule has 30 heavy (non-hydrogen) atoms. The number of fused-ring (bicyclic) bond motifs is 1. The van der Waals surface area contributed by atoms with Gasteiger partial charge in [-0.05, 0) is 68.5 Å². The molecule has 158 valence electrons. The minimum Gasteiger partial charge on any atom is -0.340 e. The van der Waals surface area contributed by atoms with Gasteiger partial charge in [0.15, 0.2) is 0 Å². The Labute approximate surface area is 184 Å². The summed E-state index contributed by atoms with van der Waals surface area (Å²) in [5.41, 5.74) is 6.44. The van der Waals surface area contributed by atoms with E-state index in [0.29, 0.717) is 0 Å². The lowest BCUT2D eigenvalue weighted by Crippen LogP contribution is -2.36. The lowest BCUT2D eigenvalue weighted by molar-refractivity contribution is 0.554. The van der Waals surface area contributed by atoms with Crippen LogP contribution >= 0.6 is 12.4 Å². The first kappa shape index (κ1) is 22.0. The van der Waals surface area contributed by atoms with Crippen LogP contribution in [0.25, 0.3) is 0 Å². The fourth-order valence-corrected chi connectivity index (χ4v) is 4.09. The van der Waals surface area contributed by atoms with Crippen LogP contribution in [0.1, 0.15) is 47.3 Å². The van der Waals surface area contributed by atoms with Crippen LogP contribution in [0.15, 0.2) is 42.5 Å². The van der Waals surface area contributed by atoms with Crippen LogP contribution in [-0.4, -0.2) is 16.5 Å². The molecule has 4 rings (SSSR count). The second-order valence-electron chi connectivity index (χ2n) is 7.73. The van der Waals surface area contributed by atoms with Gasteiger partial charge in [0.1, 0.15) is 11.6 Å². The van der Waals surface area contributed by atoms with E-state index in [1.54, 1.807) is 6.07 Å². The van der Waals surface area contributed by atoms with Gasteiger partial charge >= 0.3 is 0 Å². The SMILES string of the molecule is CCC1c2ccccc2CCN1c1nc(C)c(C)c(Nc2ccc(F)cc2C)n1.Cl. The van der Waals surface area contributed by atoms with Crippen molar-refractivity contribution in [2.45, 2.75) is 46.6 Å². The third-order valence-electron chi connectivity index (χ3n) is 5.87. The number of benzene rings is 2. The molecule has 1 N–H and O–H groups in total. The molecule has 2 aromatic carbocycles. The first-order chi connectivity index (χ1) is 14.0. The summed E-state index contributed by atoms with van der Waals surface area (Å²) in [5, 5.41) is 3.40. The first-order valence-electron chi connectivity index (χ1n) is 10.2. The molecule has 0 radical (unpaired) electrons. The molecule has 0 saturated heterocycles. The zero-order valence-electron chi connectivity index (χ0n) is 17.9. The fraction of sp³-hybridized carbons (Fsp3) is 0.333. The Kier molecular flexibility index (Phi) is 6.61. The van der Waals surface area contributed by atoms with Crippen LogP contribution in [0.2, 0.25) is 0 Å². The van der Waals surface area contributed by atoms with Gasteiger partial charge in [-0.25, -0.2) is 9.37 Å². The number of halogens is 2. The first-order valence-corrected chi connectivity index (χ1v) is 10.2. The van der Waals surface area contributed by atoms with Crippen LogP contribution < -0.4 is 10.2 Å². The number of anilines is 3. The molecule has 6 heteroatoms. The van der Waals surface area contributed by atoms with Gasteiger partial charge < -0.3 is 10.2 Å². The average Bonchev–Trinajstić information content (AvgIpc) is 2.72. The predicted octanol–water partition coefficient (Wildman–Crippen LogP) is 6.22. The molecular formula is C24H28ClFN4. The molecule has 1 aromatic heterocycles. The molecule has 0 amide bonds. The van der Waals surface area contributed by atoms with E-state index in [1.165, 1.54) is 23.3 Å². The second-order valence-corrected chi connectivity index (χ2v) is 7.73. The quantitative estimate of drug-likeness (QED) is 0.537. The molecule has 0 bridgehead atoms. The molecule has 0 saturated carbocycles. The van der Waals surface area contributed by atoms with Crippen molar-refractivity contribution in [1.82, 2.24) is 9.97 Å². The largest absolute Gasteiger partial charge is 0.340 e. The summed E-state index contributed by atoms with van der Waals surface area (Å²) in [6, 6.07) is 13.7. The van der Waals surface area contributed by atoms with Crippen molar-refractivity contribution in [1.29, 1.82) is 0 Å². The Bertz CT molecular complexity index is 1050. The number of hydrogen-bond donors (Lipinski definition) is 1. The van der Waals surface area contributed by atoms with Crippen molar-refractivity contribution in [3.8, 4) is 0 Å². The molecule has 0 spiro atoms. The van der Waals surface area contributed by atoms with E-state index in [0.717, 1.165) is 53.7 Å². The summed E-state index contributed by atoms with van der Waals surface area (Å²) >= 11 is 0. The van der Waals surface area contributed by atoms with Gasteiger partial charge in [0, 0.05) is 23.5 Å². The predicted molar refractivity (Wildman–Crippen MR) is 124 cm³/mol. The van der Waals surface area contributed by atoms with E-state index in [4.69, 9.17) is 9.97 Å². The van der Waals surface area contributed by atoms with Crippen molar-refractivity contribution in [2.24, 2.45) is 0 Å². The number of rotatable bonds is 4. The van der Waals surface area contributed by atoms with Crippen LogP contribution in [0.3, 0.4) is 0 Å². The van der Waals surface area contributed by atoms with E-state index in [-0.39, 0.29) is 24.3 Å². The Morgan fingerprint density at radius 3 is 2.60 bits per heavy atom. The topological polar surface area (TPSA) is 41.1 Å². The van der Waals surface area contributed by atoms with Crippen molar-refractivity contribution in [2.75, 3.05) is 16.8 Å². The summed E-state index contributed by atoms with van der Waals surface area (Å²) in [4.78, 5) is 12.0. The summed E-state index contributed by atoms with van der Waals surface area (Å²) in [6.45, 7) is 9.03. The Morgan fingerprint density at radius 2 is 1.87 bits per heavy atom. The van der Waals surface area contributed by atoms with Gasteiger partial charge in [-0.3, -0.25) is 0 Å². The highest BCUT2D eigenvalue weighted by Gasteiger charge is 2.28. The highest BCUT2D eigenvalue weighted by atomic mass is 35.5. The summed E-state index contributed by atoms with van der Waals surface area (Å²) in [7, 11) is 0. The van der Waals surface area contributed by atoms with Crippen LogP contribution in [0, 0.1) is 26.6 Å². The smallest absolute Gasteiger partial charge is 0.228 e. The van der Waals surface area contributed by atoms with E-state index in [1.807, 2.05) is 20.8 Å². The van der Waals surface area contributed by atoms with Gasteiger partial charge in [0.2, 0.25) is 5.95 Å². The Balaban J connectivity index is 0.00000256. The minimum absolute atomic E-state index is 0. The maximum atomic E-state index is 13.5. The fourth-order valence-electron chi connectivity index (χ4n) is 4.09. The third-order valence-corrected chi connectivity index (χ3v) is 5.87. The number of aromatic nitrogens is 2. The molecule has 2 heterocycles.